The van der Waals surface area contributed by atoms with E-state index in [0.717, 1.165) is 10.6 Å². The molecule has 1 amide bonds. The van der Waals surface area contributed by atoms with E-state index < -0.39 is 12.8 Å². The standard InChI is InChI=1S/C16H17F3N2O3S/c1-23-8-14-21-13(9-25-14)15(22)20-6-11-2-4-12(5-3-11)7-24-10-16(17,18)19/h2-5,9H,6-8,10H2,1H3,(H,20,22). The predicted molar refractivity (Wildman–Crippen MR) is 86.2 cm³/mol. The quantitative estimate of drug-likeness (QED) is 0.770. The largest absolute Gasteiger partial charge is 0.411 e. The molecule has 0 saturated heterocycles. The number of nitrogens with one attached hydrogen (secondary N) is 1. The van der Waals surface area contributed by atoms with Gasteiger partial charge in [-0.3, -0.25) is 4.79 Å². The highest BCUT2D eigenvalue weighted by Gasteiger charge is 2.27. The highest BCUT2D eigenvalue weighted by Crippen LogP contribution is 2.16. The molecule has 2 aromatic rings. The van der Waals surface area contributed by atoms with E-state index in [0.29, 0.717) is 24.4 Å². The SMILES string of the molecule is COCc1nc(C(=O)NCc2ccc(COCC(F)(F)F)cc2)cs1. The number of amides is 1. The molecular weight excluding hydrogens is 357 g/mol. The first-order valence-corrected chi connectivity index (χ1v) is 8.19. The number of benzene rings is 1. The molecular formula is C16H17F3N2O3S. The number of hydrogen-bond acceptors (Lipinski definition) is 5. The van der Waals surface area contributed by atoms with Gasteiger partial charge >= 0.3 is 6.18 Å². The van der Waals surface area contributed by atoms with Crippen molar-refractivity contribution < 1.29 is 27.4 Å². The van der Waals surface area contributed by atoms with Crippen LogP contribution in [0.15, 0.2) is 29.6 Å². The van der Waals surface area contributed by atoms with Crippen molar-refractivity contribution in [3.8, 4) is 0 Å². The van der Waals surface area contributed by atoms with Crippen molar-refractivity contribution >= 4 is 17.2 Å². The fourth-order valence-corrected chi connectivity index (χ4v) is 2.66. The van der Waals surface area contributed by atoms with Crippen LogP contribution in [0.5, 0.6) is 0 Å². The Morgan fingerprint density at radius 1 is 1.20 bits per heavy atom. The monoisotopic (exact) mass is 374 g/mol. The number of thiazole rings is 1. The van der Waals surface area contributed by atoms with Crippen LogP contribution in [-0.2, 0) is 29.2 Å². The van der Waals surface area contributed by atoms with Gasteiger partial charge in [0.15, 0.2) is 0 Å². The van der Waals surface area contributed by atoms with Crippen molar-refractivity contribution in [3.63, 3.8) is 0 Å². The fourth-order valence-electron chi connectivity index (χ4n) is 1.92. The second kappa shape index (κ2) is 8.93. The first kappa shape index (κ1) is 19.4. The predicted octanol–water partition coefficient (Wildman–Crippen LogP) is 3.30. The van der Waals surface area contributed by atoms with Gasteiger partial charge in [-0.2, -0.15) is 13.2 Å². The van der Waals surface area contributed by atoms with E-state index in [1.54, 1.807) is 36.8 Å². The lowest BCUT2D eigenvalue weighted by Gasteiger charge is -2.08. The Labute approximate surface area is 146 Å². The number of alkyl halides is 3. The molecule has 0 unspecified atom stereocenters. The number of aromatic nitrogens is 1. The van der Waals surface area contributed by atoms with Gasteiger partial charge in [0.1, 0.15) is 17.3 Å². The molecule has 25 heavy (non-hydrogen) atoms. The molecule has 2 rings (SSSR count). The molecule has 1 aromatic heterocycles. The van der Waals surface area contributed by atoms with Crippen LogP contribution in [0.2, 0.25) is 0 Å². The summed E-state index contributed by atoms with van der Waals surface area (Å²) in [5.74, 6) is -0.295. The summed E-state index contributed by atoms with van der Waals surface area (Å²) in [5.41, 5.74) is 1.78. The van der Waals surface area contributed by atoms with Crippen LogP contribution in [0.4, 0.5) is 13.2 Å². The number of carbonyl (C=O) groups excluding carboxylic acids is 1. The van der Waals surface area contributed by atoms with E-state index in [-0.39, 0.29) is 12.5 Å². The zero-order valence-electron chi connectivity index (χ0n) is 13.4. The normalized spacial score (nSPS) is 11.5. The lowest BCUT2D eigenvalue weighted by Crippen LogP contribution is -2.23. The minimum atomic E-state index is -4.33. The van der Waals surface area contributed by atoms with E-state index in [2.05, 4.69) is 15.0 Å². The number of hydrogen-bond donors (Lipinski definition) is 1. The van der Waals surface area contributed by atoms with Crippen LogP contribution in [0.25, 0.3) is 0 Å². The molecule has 0 aliphatic rings. The molecule has 0 fully saturated rings. The van der Waals surface area contributed by atoms with Crippen molar-refractivity contribution in [1.29, 1.82) is 0 Å². The van der Waals surface area contributed by atoms with E-state index >= 15 is 0 Å². The average Bonchev–Trinajstić information content (AvgIpc) is 3.02. The Bertz CT molecular complexity index is 687. The van der Waals surface area contributed by atoms with Gasteiger partial charge in [0.05, 0.1) is 13.2 Å². The Morgan fingerprint density at radius 3 is 2.52 bits per heavy atom. The lowest BCUT2D eigenvalue weighted by molar-refractivity contribution is -0.176. The van der Waals surface area contributed by atoms with Gasteiger partial charge in [-0.25, -0.2) is 4.98 Å². The summed E-state index contributed by atoms with van der Waals surface area (Å²) in [5, 5.41) is 5.11. The summed E-state index contributed by atoms with van der Waals surface area (Å²) in [4.78, 5) is 16.2. The maximum absolute atomic E-state index is 12.0. The van der Waals surface area contributed by atoms with Crippen molar-refractivity contribution in [2.75, 3.05) is 13.7 Å². The maximum Gasteiger partial charge on any atom is 0.411 e. The van der Waals surface area contributed by atoms with Gasteiger partial charge in [-0.1, -0.05) is 24.3 Å². The summed E-state index contributed by atoms with van der Waals surface area (Å²) in [6, 6.07) is 6.78. The minimum absolute atomic E-state index is 0.118. The Hall–Kier alpha value is -1.97. The second-order valence-corrected chi connectivity index (χ2v) is 6.11. The molecule has 1 aromatic carbocycles. The smallest absolute Gasteiger partial charge is 0.378 e. The van der Waals surface area contributed by atoms with Crippen LogP contribution in [-0.4, -0.2) is 30.8 Å². The number of ether oxygens (including phenoxy) is 2. The summed E-state index contributed by atoms with van der Waals surface area (Å²) >= 11 is 1.34. The zero-order valence-corrected chi connectivity index (χ0v) is 14.2. The van der Waals surface area contributed by atoms with E-state index in [1.165, 1.54) is 11.3 Å². The number of halogens is 3. The number of rotatable bonds is 8. The summed E-state index contributed by atoms with van der Waals surface area (Å²) in [6.07, 6.45) is -4.33. The van der Waals surface area contributed by atoms with Crippen LogP contribution in [0.1, 0.15) is 26.6 Å². The lowest BCUT2D eigenvalue weighted by atomic mass is 10.1. The van der Waals surface area contributed by atoms with Crippen LogP contribution < -0.4 is 5.32 Å². The van der Waals surface area contributed by atoms with Crippen molar-refractivity contribution in [2.45, 2.75) is 25.9 Å². The molecule has 5 nitrogen and oxygen atoms in total. The van der Waals surface area contributed by atoms with Gasteiger partial charge < -0.3 is 14.8 Å². The Kier molecular flexibility index (Phi) is 6.91. The van der Waals surface area contributed by atoms with Gasteiger partial charge in [-0.15, -0.1) is 11.3 Å². The molecule has 0 saturated carbocycles. The summed E-state index contributed by atoms with van der Waals surface area (Å²) in [7, 11) is 1.55. The van der Waals surface area contributed by atoms with Gasteiger partial charge in [-0.05, 0) is 11.1 Å². The maximum atomic E-state index is 12.0. The molecule has 0 atom stereocenters. The third-order valence-corrected chi connectivity index (χ3v) is 3.89. The highest BCUT2D eigenvalue weighted by atomic mass is 32.1. The Balaban J connectivity index is 1.79. The number of carbonyl (C=O) groups is 1. The molecule has 0 spiro atoms. The number of methoxy groups -OCH3 is 1. The van der Waals surface area contributed by atoms with Crippen molar-refractivity contribution in [2.24, 2.45) is 0 Å². The van der Waals surface area contributed by atoms with Gasteiger partial charge in [0.2, 0.25) is 0 Å². The second-order valence-electron chi connectivity index (χ2n) is 5.17. The number of nitrogens with zero attached hydrogens (tertiary/aromatic N) is 1. The molecule has 0 aliphatic heterocycles. The Morgan fingerprint density at radius 2 is 1.88 bits per heavy atom. The molecule has 136 valence electrons. The van der Waals surface area contributed by atoms with Crippen LogP contribution in [0.3, 0.4) is 0 Å². The zero-order chi connectivity index (χ0) is 18.3. The van der Waals surface area contributed by atoms with Gasteiger partial charge in [0.25, 0.3) is 5.91 Å². The third kappa shape index (κ3) is 6.81. The fraction of sp³-hybridized carbons (Fsp3) is 0.375. The van der Waals surface area contributed by atoms with E-state index in [1.807, 2.05) is 0 Å². The van der Waals surface area contributed by atoms with E-state index in [9.17, 15) is 18.0 Å². The molecule has 0 radical (unpaired) electrons. The minimum Gasteiger partial charge on any atom is -0.378 e. The van der Waals surface area contributed by atoms with Crippen LogP contribution >= 0.6 is 11.3 Å². The van der Waals surface area contributed by atoms with Crippen LogP contribution in [0, 0.1) is 0 Å². The third-order valence-electron chi connectivity index (χ3n) is 3.06. The van der Waals surface area contributed by atoms with Crippen molar-refractivity contribution in [3.05, 3.63) is 51.5 Å². The molecule has 9 heteroatoms. The summed E-state index contributed by atoms with van der Waals surface area (Å²) in [6.45, 7) is -0.744. The molecule has 0 bridgehead atoms. The average molecular weight is 374 g/mol. The van der Waals surface area contributed by atoms with Crippen molar-refractivity contribution in [1.82, 2.24) is 10.3 Å². The first-order valence-electron chi connectivity index (χ1n) is 7.31. The van der Waals surface area contributed by atoms with Gasteiger partial charge in [0, 0.05) is 19.0 Å². The topological polar surface area (TPSA) is 60.5 Å². The molecule has 0 aliphatic carbocycles. The first-order chi connectivity index (χ1) is 11.9. The van der Waals surface area contributed by atoms with E-state index in [4.69, 9.17) is 4.74 Å². The molecule has 1 heterocycles. The molecule has 1 N–H and O–H groups in total. The highest BCUT2D eigenvalue weighted by molar-refractivity contribution is 7.09. The summed E-state index contributed by atoms with van der Waals surface area (Å²) < 4.78 is 45.6.